The number of nitroso groups, excluding NO2 is 1. The largest absolute Gasteiger partial charge is 0.399 e. The first-order chi connectivity index (χ1) is 8.84. The fourth-order valence-corrected chi connectivity index (χ4v) is 2.54. The number of hydrogen-bond acceptors (Lipinski definition) is 3. The molecule has 0 radical (unpaired) electrons. The summed E-state index contributed by atoms with van der Waals surface area (Å²) in [6.45, 7) is 3.74. The van der Waals surface area contributed by atoms with Gasteiger partial charge >= 0.3 is 0 Å². The highest BCUT2D eigenvalue weighted by Crippen LogP contribution is 2.33. The maximum absolute atomic E-state index is 12.0. The molecule has 6 nitrogen and oxygen atoms in total. The number of carbonyl (C=O) groups excluding carboxylic acids is 1. The van der Waals surface area contributed by atoms with E-state index in [1.54, 1.807) is 7.05 Å². The van der Waals surface area contributed by atoms with E-state index >= 15 is 0 Å². The molecule has 102 valence electrons. The van der Waals surface area contributed by atoms with Crippen LogP contribution in [0.3, 0.4) is 0 Å². The molecule has 1 aromatic carbocycles. The highest BCUT2D eigenvalue weighted by Gasteiger charge is 2.48. The van der Waals surface area contributed by atoms with Gasteiger partial charge in [0, 0.05) is 5.69 Å². The van der Waals surface area contributed by atoms with Crippen LogP contribution in [0.1, 0.15) is 24.1 Å². The fraction of sp³-hybridized carbons (Fsp3) is 0.462. The van der Waals surface area contributed by atoms with E-state index in [1.165, 1.54) is 12.1 Å². The van der Waals surface area contributed by atoms with Gasteiger partial charge in [0.2, 0.25) is 0 Å². The third-order valence-corrected chi connectivity index (χ3v) is 3.75. The van der Waals surface area contributed by atoms with Gasteiger partial charge in [0.05, 0.1) is 24.9 Å². The van der Waals surface area contributed by atoms with Crippen LogP contribution >= 0.6 is 0 Å². The molecule has 0 saturated carbocycles. The van der Waals surface area contributed by atoms with Gasteiger partial charge in [-0.1, -0.05) is 19.1 Å². The van der Waals surface area contributed by atoms with Gasteiger partial charge in [-0.2, -0.15) is 0 Å². The van der Waals surface area contributed by atoms with Gasteiger partial charge in [-0.05, 0) is 29.1 Å². The average molecular weight is 263 g/mol. The summed E-state index contributed by atoms with van der Waals surface area (Å²) >= 11 is 0. The van der Waals surface area contributed by atoms with Crippen molar-refractivity contribution in [2.75, 3.05) is 19.8 Å². The summed E-state index contributed by atoms with van der Waals surface area (Å²) in [7, 11) is 3.16. The van der Waals surface area contributed by atoms with Gasteiger partial charge in [0.25, 0.3) is 10.9 Å². The summed E-state index contributed by atoms with van der Waals surface area (Å²) in [4.78, 5) is 24.6. The van der Waals surface area contributed by atoms with Gasteiger partial charge in [0.1, 0.15) is 6.04 Å². The van der Waals surface area contributed by atoms with Crippen LogP contribution in [-0.4, -0.2) is 35.0 Å². The number of nitrogens with zero attached hydrogens (tertiary/aromatic N) is 3. The maximum atomic E-state index is 12.0. The molecule has 2 rings (SSSR count). The first-order valence-electron chi connectivity index (χ1n) is 6.18. The van der Waals surface area contributed by atoms with Crippen LogP contribution in [0.25, 0.3) is 0 Å². The Balaban J connectivity index is 2.44. The normalized spacial score (nSPS) is 24.0. The third kappa shape index (κ3) is 2.03. The summed E-state index contributed by atoms with van der Waals surface area (Å²) in [6, 6.07) is 5.33. The Bertz CT molecular complexity index is 521. The number of nitrogens with two attached hydrogens (primary N) is 1. The standard InChI is InChI=1S/C13H19N4O2/c1-8-7-10(5-6-11(8)14)12-9(2)13(18)16(4)17(19)15(12)3/h5-7,9,12H,14H2,1-4H3/q+1. The van der Waals surface area contributed by atoms with Crippen molar-refractivity contribution in [2.45, 2.75) is 19.9 Å². The summed E-state index contributed by atoms with van der Waals surface area (Å²) in [5.74, 6) is -0.476. The number of carbonyl (C=O) groups is 1. The molecule has 19 heavy (non-hydrogen) atoms. The molecular formula is C13H19N4O2+. The second-order valence-electron chi connectivity index (χ2n) is 5.04. The number of hydrogen-bond donors (Lipinski definition) is 1. The summed E-state index contributed by atoms with van der Waals surface area (Å²) in [5.41, 5.74) is 8.38. The molecule has 0 spiro atoms. The summed E-state index contributed by atoms with van der Waals surface area (Å²) in [5, 5.41) is 2.61. The monoisotopic (exact) mass is 263 g/mol. The van der Waals surface area contributed by atoms with E-state index in [1.807, 2.05) is 32.0 Å². The van der Waals surface area contributed by atoms with E-state index in [4.69, 9.17) is 5.73 Å². The van der Waals surface area contributed by atoms with Crippen LogP contribution in [0.4, 0.5) is 5.69 Å². The molecule has 0 aliphatic carbocycles. The molecule has 6 heteroatoms. The number of benzene rings is 1. The smallest absolute Gasteiger partial charge is 0.290 e. The van der Waals surface area contributed by atoms with Crippen LogP contribution < -0.4 is 5.73 Å². The zero-order valence-corrected chi connectivity index (χ0v) is 11.6. The van der Waals surface area contributed by atoms with E-state index < -0.39 is 0 Å². The minimum atomic E-state index is -0.289. The van der Waals surface area contributed by atoms with Crippen molar-refractivity contribution >= 4 is 11.6 Å². The number of hydrazine groups is 2. The van der Waals surface area contributed by atoms with E-state index in [-0.39, 0.29) is 17.9 Å². The van der Waals surface area contributed by atoms with Gasteiger partial charge in [-0.3, -0.25) is 4.79 Å². The first-order valence-corrected chi connectivity index (χ1v) is 6.18. The Kier molecular flexibility index (Phi) is 3.18. The van der Waals surface area contributed by atoms with Crippen LogP contribution in [0.15, 0.2) is 18.2 Å². The van der Waals surface area contributed by atoms with E-state index in [9.17, 15) is 9.70 Å². The van der Waals surface area contributed by atoms with Gasteiger partial charge in [-0.15, -0.1) is 5.01 Å². The predicted molar refractivity (Wildman–Crippen MR) is 71.7 cm³/mol. The van der Waals surface area contributed by atoms with Gasteiger partial charge < -0.3 is 5.73 Å². The molecule has 1 amide bonds. The predicted octanol–water partition coefficient (Wildman–Crippen LogP) is 1.27. The highest BCUT2D eigenvalue weighted by molar-refractivity contribution is 5.78. The Hall–Kier alpha value is -2.11. The molecule has 1 aliphatic heterocycles. The number of amides is 1. The summed E-state index contributed by atoms with van der Waals surface area (Å²) < 4.78 is 0. The fourth-order valence-electron chi connectivity index (χ4n) is 2.54. The van der Waals surface area contributed by atoms with Gasteiger partial charge in [-0.25, -0.2) is 0 Å². The molecule has 0 bridgehead atoms. The second kappa shape index (κ2) is 4.53. The molecule has 2 N–H and O–H groups in total. The lowest BCUT2D eigenvalue weighted by Gasteiger charge is -2.32. The van der Waals surface area contributed by atoms with Crippen LogP contribution in [0, 0.1) is 17.7 Å². The zero-order chi connectivity index (χ0) is 14.3. The number of nitrogen functional groups attached to an aromatic ring is 1. The van der Waals surface area contributed by atoms with Crippen molar-refractivity contribution < 1.29 is 9.77 Å². The number of anilines is 1. The summed E-state index contributed by atoms with van der Waals surface area (Å²) in [6.07, 6.45) is 0. The van der Waals surface area contributed by atoms with Crippen molar-refractivity contribution in [3.8, 4) is 0 Å². The Morgan fingerprint density at radius 2 is 1.95 bits per heavy atom. The van der Waals surface area contributed by atoms with E-state index in [0.717, 1.165) is 16.1 Å². The number of aryl methyl sites for hydroxylation is 1. The van der Waals surface area contributed by atoms with Crippen LogP contribution in [-0.2, 0) is 4.79 Å². The van der Waals surface area contributed by atoms with E-state index in [2.05, 4.69) is 0 Å². The van der Waals surface area contributed by atoms with Crippen molar-refractivity contribution in [3.05, 3.63) is 34.2 Å². The maximum Gasteiger partial charge on any atom is 0.290 e. The highest BCUT2D eigenvalue weighted by atomic mass is 16.4. The zero-order valence-electron chi connectivity index (χ0n) is 11.6. The second-order valence-corrected chi connectivity index (χ2v) is 5.04. The molecule has 2 unspecified atom stereocenters. The van der Waals surface area contributed by atoms with Gasteiger partial charge in [0.15, 0.2) is 0 Å². The third-order valence-electron chi connectivity index (χ3n) is 3.75. The molecular weight excluding hydrogens is 244 g/mol. The van der Waals surface area contributed by atoms with Crippen molar-refractivity contribution in [3.63, 3.8) is 0 Å². The Morgan fingerprint density at radius 1 is 1.32 bits per heavy atom. The lowest BCUT2D eigenvalue weighted by Crippen LogP contribution is -2.55. The minimum Gasteiger partial charge on any atom is -0.399 e. The molecule has 1 fully saturated rings. The minimum absolute atomic E-state index is 0.187. The van der Waals surface area contributed by atoms with Crippen LogP contribution in [0.2, 0.25) is 0 Å². The lowest BCUT2D eigenvalue weighted by atomic mass is 9.91. The molecule has 1 saturated heterocycles. The quantitative estimate of drug-likeness (QED) is 0.612. The topological polar surface area (TPSA) is 69.7 Å². The van der Waals surface area contributed by atoms with Crippen molar-refractivity contribution in [1.82, 2.24) is 10.0 Å². The van der Waals surface area contributed by atoms with Crippen LogP contribution in [0.5, 0.6) is 0 Å². The SMILES string of the molecule is Cc1cc(C2C(C)C(=O)N(C)[N+](=O)N2C)ccc1N. The van der Waals surface area contributed by atoms with E-state index in [0.29, 0.717) is 10.7 Å². The molecule has 2 atom stereocenters. The molecule has 1 heterocycles. The lowest BCUT2D eigenvalue weighted by molar-refractivity contribution is -0.823. The first kappa shape index (κ1) is 13.3. The molecule has 1 aromatic rings. The molecule has 1 aliphatic rings. The average Bonchev–Trinajstić information content (AvgIpc) is 2.38. The molecule has 0 aromatic heterocycles. The Morgan fingerprint density at radius 3 is 2.53 bits per heavy atom. The number of rotatable bonds is 1. The Labute approximate surface area is 112 Å². The van der Waals surface area contributed by atoms with Crippen molar-refractivity contribution in [2.24, 2.45) is 5.92 Å². The van der Waals surface area contributed by atoms with Crippen molar-refractivity contribution in [1.29, 1.82) is 0 Å².